The number of piperidine rings is 1. The predicted octanol–water partition coefficient (Wildman–Crippen LogP) is 2.12. The van der Waals surface area contributed by atoms with Crippen molar-refractivity contribution in [2.24, 2.45) is 11.7 Å². The molecule has 2 rings (SSSR count). The van der Waals surface area contributed by atoms with Gasteiger partial charge in [-0.1, -0.05) is 17.7 Å². The number of likely N-dealkylation sites (tertiary alicyclic amines) is 1. The van der Waals surface area contributed by atoms with Crippen LogP contribution in [0.3, 0.4) is 0 Å². The van der Waals surface area contributed by atoms with Gasteiger partial charge in [-0.15, -0.1) is 12.4 Å². The molecule has 1 aliphatic heterocycles. The summed E-state index contributed by atoms with van der Waals surface area (Å²) in [6.45, 7) is 5.68. The molecule has 134 valence electrons. The zero-order chi connectivity index (χ0) is 16.8. The molecule has 1 heterocycles. The summed E-state index contributed by atoms with van der Waals surface area (Å²) in [6, 6.07) is 6.97. The van der Waals surface area contributed by atoms with Crippen molar-refractivity contribution in [3.8, 4) is 0 Å². The van der Waals surface area contributed by atoms with Crippen molar-refractivity contribution in [3.63, 3.8) is 0 Å². The minimum absolute atomic E-state index is 0. The van der Waals surface area contributed by atoms with Crippen molar-refractivity contribution < 1.29 is 9.59 Å². The molecule has 0 aliphatic carbocycles. The molecule has 2 atom stereocenters. The molecule has 1 aromatic carbocycles. The van der Waals surface area contributed by atoms with Crippen molar-refractivity contribution in [1.82, 2.24) is 10.2 Å². The summed E-state index contributed by atoms with van der Waals surface area (Å²) in [5, 5.41) is 5.70. The van der Waals surface area contributed by atoms with E-state index in [1.54, 1.807) is 11.8 Å². The smallest absolute Gasteiger partial charge is 0.319 e. The molecule has 1 aliphatic rings. The molecule has 0 aromatic heterocycles. The van der Waals surface area contributed by atoms with E-state index in [1.807, 2.05) is 31.2 Å². The average Bonchev–Trinajstić information content (AvgIpc) is 2.54. The standard InChI is InChI=1S/C17H26N4O2.ClH/c1-12-5-7-15(8-6-12)20-17(23)19-10-14-4-3-9-21(11-14)16(22)13(2)18;/h5-8,13-14H,3-4,9-11,18H2,1-2H3,(H2,19,20,23);1H/t13-,14?;/m1./s1. The fourth-order valence-corrected chi connectivity index (χ4v) is 2.77. The maximum absolute atomic E-state index is 12.0. The number of halogens is 1. The van der Waals surface area contributed by atoms with Crippen molar-refractivity contribution in [1.29, 1.82) is 0 Å². The molecule has 1 saturated heterocycles. The van der Waals surface area contributed by atoms with Crippen LogP contribution in [0.25, 0.3) is 0 Å². The fraction of sp³-hybridized carbons (Fsp3) is 0.529. The number of amides is 3. The second-order valence-electron chi connectivity index (χ2n) is 6.28. The van der Waals surface area contributed by atoms with E-state index in [9.17, 15) is 9.59 Å². The van der Waals surface area contributed by atoms with E-state index in [4.69, 9.17) is 5.73 Å². The molecule has 3 amide bonds. The van der Waals surface area contributed by atoms with Crippen LogP contribution in [-0.2, 0) is 4.79 Å². The molecule has 0 saturated carbocycles. The van der Waals surface area contributed by atoms with Crippen LogP contribution in [0.15, 0.2) is 24.3 Å². The van der Waals surface area contributed by atoms with Gasteiger partial charge in [0.25, 0.3) is 0 Å². The zero-order valence-corrected chi connectivity index (χ0v) is 15.1. The van der Waals surface area contributed by atoms with Gasteiger partial charge >= 0.3 is 6.03 Å². The number of hydrogen-bond acceptors (Lipinski definition) is 3. The number of nitrogens with zero attached hydrogens (tertiary/aromatic N) is 1. The van der Waals surface area contributed by atoms with Gasteiger partial charge < -0.3 is 21.3 Å². The van der Waals surface area contributed by atoms with Gasteiger partial charge in [0.15, 0.2) is 0 Å². The number of hydrogen-bond donors (Lipinski definition) is 3. The van der Waals surface area contributed by atoms with Gasteiger partial charge in [-0.2, -0.15) is 0 Å². The van der Waals surface area contributed by atoms with E-state index in [0.29, 0.717) is 13.1 Å². The Labute approximate surface area is 149 Å². The van der Waals surface area contributed by atoms with Crippen molar-refractivity contribution >= 4 is 30.0 Å². The van der Waals surface area contributed by atoms with Crippen LogP contribution in [0.1, 0.15) is 25.3 Å². The minimum atomic E-state index is -0.466. The summed E-state index contributed by atoms with van der Waals surface area (Å²) in [7, 11) is 0. The van der Waals surface area contributed by atoms with E-state index in [0.717, 1.165) is 30.6 Å². The minimum Gasteiger partial charge on any atom is -0.341 e. The molecule has 1 aromatic rings. The summed E-state index contributed by atoms with van der Waals surface area (Å²) in [4.78, 5) is 25.7. The van der Waals surface area contributed by atoms with Crippen LogP contribution in [0, 0.1) is 12.8 Å². The first-order valence-electron chi connectivity index (χ1n) is 8.11. The van der Waals surface area contributed by atoms with Gasteiger partial charge in [-0.05, 0) is 44.7 Å². The lowest BCUT2D eigenvalue weighted by Crippen LogP contribution is -2.49. The Hall–Kier alpha value is -1.79. The Morgan fingerprint density at radius 2 is 2.00 bits per heavy atom. The van der Waals surface area contributed by atoms with E-state index >= 15 is 0 Å². The van der Waals surface area contributed by atoms with Crippen LogP contribution in [-0.4, -0.2) is 42.5 Å². The lowest BCUT2D eigenvalue weighted by molar-refractivity contribution is -0.133. The third-order valence-corrected chi connectivity index (χ3v) is 4.08. The zero-order valence-electron chi connectivity index (χ0n) is 14.2. The third kappa shape index (κ3) is 6.02. The second kappa shape index (κ2) is 9.49. The highest BCUT2D eigenvalue weighted by atomic mass is 35.5. The Morgan fingerprint density at radius 1 is 1.33 bits per heavy atom. The molecule has 7 heteroatoms. The maximum Gasteiger partial charge on any atom is 0.319 e. The third-order valence-electron chi connectivity index (χ3n) is 4.08. The molecule has 0 spiro atoms. The Bertz CT molecular complexity index is 548. The van der Waals surface area contributed by atoms with Gasteiger partial charge in [0, 0.05) is 25.3 Å². The van der Waals surface area contributed by atoms with Crippen molar-refractivity contribution in [2.45, 2.75) is 32.7 Å². The molecule has 6 nitrogen and oxygen atoms in total. The van der Waals surface area contributed by atoms with Gasteiger partial charge in [-0.3, -0.25) is 4.79 Å². The maximum atomic E-state index is 12.0. The number of carbonyl (C=O) groups excluding carboxylic acids is 2. The largest absolute Gasteiger partial charge is 0.341 e. The highest BCUT2D eigenvalue weighted by molar-refractivity contribution is 5.89. The van der Waals surface area contributed by atoms with Crippen molar-refractivity contribution in [2.75, 3.05) is 25.0 Å². The van der Waals surface area contributed by atoms with Gasteiger partial charge in [0.2, 0.25) is 5.91 Å². The summed E-state index contributed by atoms with van der Waals surface area (Å²) in [6.07, 6.45) is 1.96. The molecule has 4 N–H and O–H groups in total. The normalized spacial score (nSPS) is 18.3. The molecule has 1 fully saturated rings. The molecule has 0 radical (unpaired) electrons. The van der Waals surface area contributed by atoms with Crippen LogP contribution >= 0.6 is 12.4 Å². The first-order valence-corrected chi connectivity index (χ1v) is 8.11. The summed E-state index contributed by atoms with van der Waals surface area (Å²) in [5.41, 5.74) is 7.58. The average molecular weight is 355 g/mol. The van der Waals surface area contributed by atoms with Crippen LogP contribution in [0.4, 0.5) is 10.5 Å². The lowest BCUT2D eigenvalue weighted by Gasteiger charge is -2.33. The highest BCUT2D eigenvalue weighted by Gasteiger charge is 2.25. The topological polar surface area (TPSA) is 87.5 Å². The van der Waals surface area contributed by atoms with Crippen LogP contribution in [0.5, 0.6) is 0 Å². The highest BCUT2D eigenvalue weighted by Crippen LogP contribution is 2.16. The Morgan fingerprint density at radius 3 is 2.62 bits per heavy atom. The molecular weight excluding hydrogens is 328 g/mol. The monoisotopic (exact) mass is 354 g/mol. The molecule has 24 heavy (non-hydrogen) atoms. The van der Waals surface area contributed by atoms with E-state index in [-0.39, 0.29) is 30.3 Å². The SMILES string of the molecule is Cc1ccc(NC(=O)NCC2CCCN(C(=O)[C@@H](C)N)C2)cc1.Cl. The molecular formula is C17H27ClN4O2. The Kier molecular flexibility index (Phi) is 8.01. The van der Waals surface area contributed by atoms with Crippen LogP contribution in [0.2, 0.25) is 0 Å². The molecule has 1 unspecified atom stereocenters. The van der Waals surface area contributed by atoms with E-state index in [1.165, 1.54) is 0 Å². The molecule has 0 bridgehead atoms. The quantitative estimate of drug-likeness (QED) is 0.774. The van der Waals surface area contributed by atoms with Crippen LogP contribution < -0.4 is 16.4 Å². The number of anilines is 1. The summed E-state index contributed by atoms with van der Waals surface area (Å²) >= 11 is 0. The van der Waals surface area contributed by atoms with Gasteiger partial charge in [0.05, 0.1) is 6.04 Å². The number of urea groups is 1. The number of nitrogens with two attached hydrogens (primary N) is 1. The fourth-order valence-electron chi connectivity index (χ4n) is 2.77. The van der Waals surface area contributed by atoms with Gasteiger partial charge in [-0.25, -0.2) is 4.79 Å². The van der Waals surface area contributed by atoms with E-state index < -0.39 is 6.04 Å². The number of benzene rings is 1. The number of nitrogens with one attached hydrogen (secondary N) is 2. The number of carbonyl (C=O) groups is 2. The number of rotatable bonds is 4. The Balaban J connectivity index is 0.00000288. The first-order chi connectivity index (χ1) is 11.0. The second-order valence-corrected chi connectivity index (χ2v) is 6.28. The summed E-state index contributed by atoms with van der Waals surface area (Å²) < 4.78 is 0. The summed E-state index contributed by atoms with van der Waals surface area (Å²) in [5.74, 6) is 0.258. The number of aryl methyl sites for hydroxylation is 1. The first kappa shape index (κ1) is 20.3. The van der Waals surface area contributed by atoms with E-state index in [2.05, 4.69) is 10.6 Å². The lowest BCUT2D eigenvalue weighted by atomic mass is 9.97. The predicted molar refractivity (Wildman–Crippen MR) is 98.4 cm³/mol. The van der Waals surface area contributed by atoms with Crippen molar-refractivity contribution in [3.05, 3.63) is 29.8 Å². The van der Waals surface area contributed by atoms with Gasteiger partial charge in [0.1, 0.15) is 0 Å².